The van der Waals surface area contributed by atoms with Crippen LogP contribution in [0.15, 0.2) is 18.2 Å². The summed E-state index contributed by atoms with van der Waals surface area (Å²) in [6, 6.07) is 4.77. The van der Waals surface area contributed by atoms with Gasteiger partial charge in [-0.15, -0.1) is 0 Å². The second-order valence-electron chi connectivity index (χ2n) is 6.16. The Morgan fingerprint density at radius 1 is 0.958 bits per heavy atom. The van der Waals surface area contributed by atoms with Gasteiger partial charge in [-0.3, -0.25) is 0 Å². The van der Waals surface area contributed by atoms with Crippen LogP contribution in [0.5, 0.6) is 0 Å². The van der Waals surface area contributed by atoms with Crippen molar-refractivity contribution in [3.05, 3.63) is 40.6 Å². The third-order valence-electron chi connectivity index (χ3n) is 3.36. The number of anilines is 3. The van der Waals surface area contributed by atoms with Crippen molar-refractivity contribution >= 4 is 17.5 Å². The highest BCUT2D eigenvalue weighted by Crippen LogP contribution is 2.32. The highest BCUT2D eigenvalue weighted by Gasteiger charge is 2.34. The molecule has 0 aliphatic carbocycles. The van der Waals surface area contributed by atoms with Crippen molar-refractivity contribution in [3.8, 4) is 0 Å². The molecule has 130 valence electrons. The van der Waals surface area contributed by atoms with E-state index in [1.165, 1.54) is 0 Å². The molecule has 1 aromatic heterocycles. The van der Waals surface area contributed by atoms with Crippen molar-refractivity contribution in [2.75, 3.05) is 10.6 Å². The Labute approximate surface area is 139 Å². The molecule has 4 nitrogen and oxygen atoms in total. The maximum Gasteiger partial charge on any atom is 0.433 e. The van der Waals surface area contributed by atoms with Crippen molar-refractivity contribution in [3.63, 3.8) is 0 Å². The summed E-state index contributed by atoms with van der Waals surface area (Å²) in [6.45, 7) is 9.40. The van der Waals surface area contributed by atoms with E-state index in [1.54, 1.807) is 0 Å². The lowest BCUT2D eigenvalue weighted by Crippen LogP contribution is -2.17. The third-order valence-corrected chi connectivity index (χ3v) is 3.36. The lowest BCUT2D eigenvalue weighted by molar-refractivity contribution is -0.141. The number of hydrogen-bond acceptors (Lipinski definition) is 4. The topological polar surface area (TPSA) is 49.8 Å². The summed E-state index contributed by atoms with van der Waals surface area (Å²) in [7, 11) is 0. The van der Waals surface area contributed by atoms with Gasteiger partial charge in [0, 0.05) is 17.8 Å². The summed E-state index contributed by atoms with van der Waals surface area (Å²) >= 11 is 0. The Kier molecular flexibility index (Phi) is 5.01. The zero-order valence-corrected chi connectivity index (χ0v) is 14.3. The molecule has 24 heavy (non-hydrogen) atoms. The largest absolute Gasteiger partial charge is 0.433 e. The summed E-state index contributed by atoms with van der Waals surface area (Å²) in [5.41, 5.74) is 2.75. The van der Waals surface area contributed by atoms with E-state index in [0.717, 1.165) is 28.4 Å². The van der Waals surface area contributed by atoms with Gasteiger partial charge < -0.3 is 10.6 Å². The van der Waals surface area contributed by atoms with Gasteiger partial charge in [0.2, 0.25) is 5.95 Å². The highest BCUT2D eigenvalue weighted by atomic mass is 19.4. The van der Waals surface area contributed by atoms with Gasteiger partial charge in [-0.1, -0.05) is 17.7 Å². The first kappa shape index (κ1) is 18.0. The molecule has 0 bridgehead atoms. The first-order valence-electron chi connectivity index (χ1n) is 7.64. The van der Waals surface area contributed by atoms with Crippen LogP contribution in [-0.4, -0.2) is 16.0 Å². The van der Waals surface area contributed by atoms with Gasteiger partial charge in [-0.05, 0) is 45.7 Å². The van der Waals surface area contributed by atoms with E-state index in [9.17, 15) is 13.2 Å². The SMILES string of the molecule is Cc1cc(C)c(Nc2cc(C(F)(F)F)nc(NC(C)C)n2)c(C)c1. The van der Waals surface area contributed by atoms with Crippen LogP contribution in [-0.2, 0) is 6.18 Å². The number of nitrogens with zero attached hydrogens (tertiary/aromatic N) is 2. The monoisotopic (exact) mass is 338 g/mol. The van der Waals surface area contributed by atoms with Crippen molar-refractivity contribution in [2.24, 2.45) is 0 Å². The molecule has 0 unspecified atom stereocenters. The van der Waals surface area contributed by atoms with E-state index >= 15 is 0 Å². The molecular formula is C17H21F3N4. The molecule has 0 saturated carbocycles. The van der Waals surface area contributed by atoms with Crippen LogP contribution in [0.3, 0.4) is 0 Å². The van der Waals surface area contributed by atoms with Gasteiger partial charge in [0.15, 0.2) is 5.69 Å². The lowest BCUT2D eigenvalue weighted by atomic mass is 10.1. The molecule has 2 aromatic rings. The van der Waals surface area contributed by atoms with Crippen LogP contribution in [0.1, 0.15) is 36.2 Å². The van der Waals surface area contributed by atoms with Gasteiger partial charge in [-0.25, -0.2) is 4.98 Å². The Balaban J connectivity index is 2.46. The standard InChI is InChI=1S/C17H21F3N4/c1-9(2)21-16-22-13(17(18,19)20)8-14(24-16)23-15-11(4)6-10(3)7-12(15)5/h6-9H,1-5H3,(H2,21,22,23,24). The number of rotatable bonds is 4. The predicted octanol–water partition coefficient (Wildman–Crippen LogP) is 4.98. The Bertz CT molecular complexity index is 716. The molecule has 0 amide bonds. The third kappa shape index (κ3) is 4.37. The van der Waals surface area contributed by atoms with E-state index in [-0.39, 0.29) is 17.8 Å². The molecule has 0 aliphatic rings. The van der Waals surface area contributed by atoms with Crippen LogP contribution >= 0.6 is 0 Å². The summed E-state index contributed by atoms with van der Waals surface area (Å²) in [5.74, 6) is 0.0558. The van der Waals surface area contributed by atoms with E-state index < -0.39 is 11.9 Å². The predicted molar refractivity (Wildman–Crippen MR) is 89.7 cm³/mol. The van der Waals surface area contributed by atoms with Crippen molar-refractivity contribution in [1.29, 1.82) is 0 Å². The van der Waals surface area contributed by atoms with Crippen LogP contribution in [0.25, 0.3) is 0 Å². The fraction of sp³-hybridized carbons (Fsp3) is 0.412. The van der Waals surface area contributed by atoms with Crippen LogP contribution in [0, 0.1) is 20.8 Å². The molecule has 2 N–H and O–H groups in total. The molecule has 0 saturated heterocycles. The fourth-order valence-corrected chi connectivity index (χ4v) is 2.48. The minimum Gasteiger partial charge on any atom is -0.352 e. The molecular weight excluding hydrogens is 317 g/mol. The summed E-state index contributed by atoms with van der Waals surface area (Å²) in [5, 5.41) is 5.82. The smallest absolute Gasteiger partial charge is 0.352 e. The molecule has 0 spiro atoms. The number of benzene rings is 1. The molecule has 7 heteroatoms. The second kappa shape index (κ2) is 6.67. The Hall–Kier alpha value is -2.31. The van der Waals surface area contributed by atoms with Gasteiger partial charge >= 0.3 is 6.18 Å². The normalized spacial score (nSPS) is 11.7. The van der Waals surface area contributed by atoms with E-state index in [2.05, 4.69) is 20.6 Å². The van der Waals surface area contributed by atoms with Gasteiger partial charge in [0.05, 0.1) is 0 Å². The van der Waals surface area contributed by atoms with Crippen LogP contribution < -0.4 is 10.6 Å². The number of hydrogen-bond donors (Lipinski definition) is 2. The zero-order valence-electron chi connectivity index (χ0n) is 14.3. The molecule has 0 atom stereocenters. The van der Waals surface area contributed by atoms with Crippen molar-refractivity contribution in [1.82, 2.24) is 9.97 Å². The number of halogens is 3. The van der Waals surface area contributed by atoms with Gasteiger partial charge in [0.1, 0.15) is 5.82 Å². The maximum atomic E-state index is 13.1. The first-order chi connectivity index (χ1) is 11.1. The van der Waals surface area contributed by atoms with Crippen LogP contribution in [0.4, 0.5) is 30.6 Å². The number of nitrogens with one attached hydrogen (secondary N) is 2. The van der Waals surface area contributed by atoms with Crippen molar-refractivity contribution < 1.29 is 13.2 Å². The average Bonchev–Trinajstić information content (AvgIpc) is 2.40. The number of aryl methyl sites for hydroxylation is 3. The maximum absolute atomic E-state index is 13.1. The van der Waals surface area contributed by atoms with E-state index in [0.29, 0.717) is 0 Å². The lowest BCUT2D eigenvalue weighted by Gasteiger charge is -2.16. The molecule has 0 aliphatic heterocycles. The quantitative estimate of drug-likeness (QED) is 0.825. The molecule has 2 rings (SSSR count). The zero-order chi connectivity index (χ0) is 18.1. The summed E-state index contributed by atoms with van der Waals surface area (Å²) in [6.07, 6.45) is -4.54. The molecule has 1 heterocycles. The minimum atomic E-state index is -4.54. The summed E-state index contributed by atoms with van der Waals surface area (Å²) < 4.78 is 39.3. The Morgan fingerprint density at radius 3 is 2.04 bits per heavy atom. The summed E-state index contributed by atoms with van der Waals surface area (Å²) in [4.78, 5) is 7.71. The second-order valence-corrected chi connectivity index (χ2v) is 6.16. The van der Waals surface area contributed by atoms with E-state index in [1.807, 2.05) is 46.8 Å². The fourth-order valence-electron chi connectivity index (χ4n) is 2.48. The number of alkyl halides is 3. The first-order valence-corrected chi connectivity index (χ1v) is 7.64. The van der Waals surface area contributed by atoms with E-state index in [4.69, 9.17) is 0 Å². The molecule has 0 fully saturated rings. The highest BCUT2D eigenvalue weighted by molar-refractivity contribution is 5.66. The minimum absolute atomic E-state index is 0.0512. The van der Waals surface area contributed by atoms with Gasteiger partial charge in [-0.2, -0.15) is 18.2 Å². The number of aromatic nitrogens is 2. The molecule has 0 radical (unpaired) electrons. The average molecular weight is 338 g/mol. The Morgan fingerprint density at radius 2 is 1.54 bits per heavy atom. The van der Waals surface area contributed by atoms with Crippen LogP contribution in [0.2, 0.25) is 0 Å². The van der Waals surface area contributed by atoms with Gasteiger partial charge in [0.25, 0.3) is 0 Å². The van der Waals surface area contributed by atoms with Crippen molar-refractivity contribution in [2.45, 2.75) is 46.8 Å². The molecule has 1 aromatic carbocycles.